The minimum atomic E-state index is -0.0926. The lowest BCUT2D eigenvalue weighted by molar-refractivity contribution is -0.113. The van der Waals surface area contributed by atoms with Gasteiger partial charge in [-0.15, -0.1) is 16.8 Å². The average Bonchev–Trinajstić information content (AvgIpc) is 3.10. The van der Waals surface area contributed by atoms with Gasteiger partial charge in [0.25, 0.3) is 0 Å². The molecule has 0 radical (unpaired) electrons. The largest absolute Gasteiger partial charge is 0.493 e. The van der Waals surface area contributed by atoms with Crippen LogP contribution in [0.3, 0.4) is 0 Å². The number of aryl methyl sites for hydroxylation is 1. The van der Waals surface area contributed by atoms with E-state index >= 15 is 0 Å². The smallest absolute Gasteiger partial charge is 0.234 e. The molecular weight excluding hydrogens is 384 g/mol. The second-order valence-corrected chi connectivity index (χ2v) is 7.28. The number of hydrogen-bond acceptors (Lipinski definition) is 5. The molecule has 0 fully saturated rings. The monoisotopic (exact) mass is 408 g/mol. The van der Waals surface area contributed by atoms with Crippen molar-refractivity contribution < 1.29 is 9.53 Å². The predicted molar refractivity (Wildman–Crippen MR) is 117 cm³/mol. The van der Waals surface area contributed by atoms with E-state index in [-0.39, 0.29) is 11.7 Å². The highest BCUT2D eigenvalue weighted by Crippen LogP contribution is 2.31. The van der Waals surface area contributed by atoms with E-state index < -0.39 is 0 Å². The van der Waals surface area contributed by atoms with Crippen LogP contribution in [0.15, 0.2) is 66.3 Å². The molecule has 7 heteroatoms. The second-order valence-electron chi connectivity index (χ2n) is 6.34. The molecule has 0 saturated carbocycles. The van der Waals surface area contributed by atoms with Gasteiger partial charge >= 0.3 is 0 Å². The van der Waals surface area contributed by atoms with E-state index in [1.165, 1.54) is 11.8 Å². The molecule has 0 atom stereocenters. The van der Waals surface area contributed by atoms with Crippen LogP contribution in [0.1, 0.15) is 12.5 Å². The highest BCUT2D eigenvalue weighted by molar-refractivity contribution is 7.99. The SMILES string of the molecule is C=CCn1c(SCC(=O)Nc2cccc(C)c2)nnc1-c1ccccc1OCC. The molecule has 0 bridgehead atoms. The number of aromatic nitrogens is 3. The topological polar surface area (TPSA) is 69.0 Å². The maximum absolute atomic E-state index is 12.4. The van der Waals surface area contributed by atoms with Crippen molar-refractivity contribution in [1.82, 2.24) is 14.8 Å². The third kappa shape index (κ3) is 5.26. The summed E-state index contributed by atoms with van der Waals surface area (Å²) in [5.41, 5.74) is 2.74. The number of carbonyl (C=O) groups excluding carboxylic acids is 1. The number of anilines is 1. The summed E-state index contributed by atoms with van der Waals surface area (Å²) < 4.78 is 7.67. The van der Waals surface area contributed by atoms with Gasteiger partial charge in [0.2, 0.25) is 5.91 Å². The van der Waals surface area contributed by atoms with Crippen LogP contribution in [-0.2, 0) is 11.3 Å². The molecule has 3 rings (SSSR count). The van der Waals surface area contributed by atoms with Gasteiger partial charge in [0.15, 0.2) is 11.0 Å². The average molecular weight is 409 g/mol. The van der Waals surface area contributed by atoms with Crippen LogP contribution in [-0.4, -0.2) is 33.0 Å². The Kier molecular flexibility index (Phi) is 7.08. The third-order valence-corrected chi connectivity index (χ3v) is 5.06. The van der Waals surface area contributed by atoms with Crippen LogP contribution in [0.2, 0.25) is 0 Å². The molecule has 3 aromatic rings. The molecule has 6 nitrogen and oxygen atoms in total. The molecule has 29 heavy (non-hydrogen) atoms. The van der Waals surface area contributed by atoms with Gasteiger partial charge in [0.1, 0.15) is 5.75 Å². The zero-order chi connectivity index (χ0) is 20.6. The summed E-state index contributed by atoms with van der Waals surface area (Å²) in [6.07, 6.45) is 1.78. The number of para-hydroxylation sites is 1. The van der Waals surface area contributed by atoms with Crippen LogP contribution in [0, 0.1) is 6.92 Å². The first-order valence-corrected chi connectivity index (χ1v) is 10.4. The summed E-state index contributed by atoms with van der Waals surface area (Å²) in [6, 6.07) is 15.4. The van der Waals surface area contributed by atoms with Gasteiger partial charge in [0, 0.05) is 12.2 Å². The predicted octanol–water partition coefficient (Wildman–Crippen LogP) is 4.57. The molecule has 150 valence electrons. The van der Waals surface area contributed by atoms with E-state index in [0.717, 1.165) is 22.6 Å². The van der Waals surface area contributed by atoms with Crippen molar-refractivity contribution in [1.29, 1.82) is 0 Å². The zero-order valence-electron chi connectivity index (χ0n) is 16.6. The highest BCUT2D eigenvalue weighted by atomic mass is 32.2. The number of amides is 1. The molecule has 0 saturated heterocycles. The number of benzene rings is 2. The van der Waals surface area contributed by atoms with Gasteiger partial charge in [-0.2, -0.15) is 0 Å². The molecule has 1 heterocycles. The van der Waals surface area contributed by atoms with Crippen molar-refractivity contribution in [2.45, 2.75) is 25.5 Å². The van der Waals surface area contributed by atoms with E-state index in [4.69, 9.17) is 4.74 Å². The van der Waals surface area contributed by atoms with Crippen molar-refractivity contribution in [3.8, 4) is 17.1 Å². The lowest BCUT2D eigenvalue weighted by Gasteiger charge is -2.11. The number of thioether (sulfide) groups is 1. The van der Waals surface area contributed by atoms with E-state index in [2.05, 4.69) is 22.1 Å². The first-order valence-electron chi connectivity index (χ1n) is 9.38. The van der Waals surface area contributed by atoms with Crippen molar-refractivity contribution in [2.24, 2.45) is 0 Å². The minimum Gasteiger partial charge on any atom is -0.493 e. The van der Waals surface area contributed by atoms with Crippen molar-refractivity contribution in [3.63, 3.8) is 0 Å². The first kappa shape index (κ1) is 20.7. The molecule has 0 aliphatic carbocycles. The first-order chi connectivity index (χ1) is 14.1. The Morgan fingerprint density at radius 3 is 2.83 bits per heavy atom. The quantitative estimate of drug-likeness (QED) is 0.415. The Bertz CT molecular complexity index is 1000. The second kappa shape index (κ2) is 9.93. The van der Waals surface area contributed by atoms with Crippen molar-refractivity contribution >= 4 is 23.4 Å². The van der Waals surface area contributed by atoms with Crippen LogP contribution < -0.4 is 10.1 Å². The summed E-state index contributed by atoms with van der Waals surface area (Å²) in [5.74, 6) is 1.58. The number of carbonyl (C=O) groups is 1. The lowest BCUT2D eigenvalue weighted by Crippen LogP contribution is -2.14. The fourth-order valence-corrected chi connectivity index (χ4v) is 3.62. The summed E-state index contributed by atoms with van der Waals surface area (Å²) >= 11 is 1.34. The fourth-order valence-electron chi connectivity index (χ4n) is 2.87. The highest BCUT2D eigenvalue weighted by Gasteiger charge is 2.17. The number of hydrogen-bond donors (Lipinski definition) is 1. The number of nitrogens with one attached hydrogen (secondary N) is 1. The maximum Gasteiger partial charge on any atom is 0.234 e. The van der Waals surface area contributed by atoms with Gasteiger partial charge in [0.05, 0.1) is 17.9 Å². The van der Waals surface area contributed by atoms with Crippen LogP contribution in [0.5, 0.6) is 5.75 Å². The normalized spacial score (nSPS) is 10.6. The van der Waals surface area contributed by atoms with Crippen LogP contribution in [0.25, 0.3) is 11.4 Å². The van der Waals surface area contributed by atoms with Crippen LogP contribution in [0.4, 0.5) is 5.69 Å². The van der Waals surface area contributed by atoms with Gasteiger partial charge in [-0.1, -0.05) is 42.1 Å². The molecule has 2 aromatic carbocycles. The molecule has 1 N–H and O–H groups in total. The number of nitrogens with zero attached hydrogens (tertiary/aromatic N) is 3. The summed E-state index contributed by atoms with van der Waals surface area (Å²) in [4.78, 5) is 12.4. The standard InChI is InChI=1S/C22H24N4O2S/c1-4-13-26-21(18-11-6-7-12-19(18)28-5-2)24-25-22(26)29-15-20(27)23-17-10-8-9-16(3)14-17/h4,6-12,14H,1,5,13,15H2,2-3H3,(H,23,27). The molecule has 1 aromatic heterocycles. The summed E-state index contributed by atoms with van der Waals surface area (Å²) in [5, 5.41) is 12.2. The molecule has 0 aliphatic rings. The summed E-state index contributed by atoms with van der Waals surface area (Å²) in [6.45, 7) is 8.86. The molecule has 1 amide bonds. The van der Waals surface area contributed by atoms with Crippen molar-refractivity contribution in [2.75, 3.05) is 17.7 Å². The van der Waals surface area contributed by atoms with Crippen molar-refractivity contribution in [3.05, 3.63) is 66.7 Å². The minimum absolute atomic E-state index is 0.0926. The van der Waals surface area contributed by atoms with E-state index in [1.807, 2.05) is 66.9 Å². The van der Waals surface area contributed by atoms with Gasteiger partial charge in [-0.05, 0) is 43.7 Å². The van der Waals surface area contributed by atoms with E-state index in [1.54, 1.807) is 6.08 Å². The summed E-state index contributed by atoms with van der Waals surface area (Å²) in [7, 11) is 0. The number of rotatable bonds is 9. The molecule has 0 aliphatic heterocycles. The fraction of sp³-hybridized carbons (Fsp3) is 0.227. The third-order valence-electron chi connectivity index (χ3n) is 4.09. The molecule has 0 spiro atoms. The Morgan fingerprint density at radius 1 is 1.24 bits per heavy atom. The van der Waals surface area contributed by atoms with Gasteiger partial charge in [-0.3, -0.25) is 9.36 Å². The van der Waals surface area contributed by atoms with Crippen LogP contribution >= 0.6 is 11.8 Å². The van der Waals surface area contributed by atoms with E-state index in [9.17, 15) is 4.79 Å². The van der Waals surface area contributed by atoms with Gasteiger partial charge < -0.3 is 10.1 Å². The number of ether oxygens (including phenoxy) is 1. The number of allylic oxidation sites excluding steroid dienone is 1. The van der Waals surface area contributed by atoms with Gasteiger partial charge in [-0.25, -0.2) is 0 Å². The Hall–Kier alpha value is -3.06. The molecular formula is C22H24N4O2S. The van der Waals surface area contributed by atoms with E-state index in [0.29, 0.717) is 24.1 Å². The Balaban J connectivity index is 1.77. The Morgan fingerprint density at radius 2 is 2.07 bits per heavy atom. The maximum atomic E-state index is 12.4. The molecule has 0 unspecified atom stereocenters. The Labute approximate surface area is 175 Å². The zero-order valence-corrected chi connectivity index (χ0v) is 17.4. The lowest BCUT2D eigenvalue weighted by atomic mass is 10.2.